The molecule has 0 aliphatic heterocycles. The smallest absolute Gasteiger partial charge is 0.259 e. The lowest BCUT2D eigenvalue weighted by atomic mass is 10.0. The van der Waals surface area contributed by atoms with Gasteiger partial charge in [-0.1, -0.05) is 5.16 Å². The summed E-state index contributed by atoms with van der Waals surface area (Å²) in [5, 5.41) is 11.7. The monoisotopic (exact) mass is 379 g/mol. The molecule has 3 aromatic heterocycles. The number of carbonyl (C=O) groups is 1. The molecule has 0 saturated carbocycles. The fraction of sp³-hybridized carbons (Fsp3) is 0.200. The Hall–Kier alpha value is -3.55. The van der Waals surface area contributed by atoms with Crippen molar-refractivity contribution >= 4 is 22.7 Å². The lowest BCUT2D eigenvalue weighted by Crippen LogP contribution is -2.13. The second-order valence-corrected chi connectivity index (χ2v) is 6.45. The van der Waals surface area contributed by atoms with Gasteiger partial charge in [-0.3, -0.25) is 9.48 Å². The first-order valence-corrected chi connectivity index (χ1v) is 8.84. The molecular weight excluding hydrogens is 361 g/mol. The van der Waals surface area contributed by atoms with Gasteiger partial charge in [-0.25, -0.2) is 9.37 Å². The molecule has 3 heterocycles. The van der Waals surface area contributed by atoms with Gasteiger partial charge >= 0.3 is 0 Å². The van der Waals surface area contributed by atoms with Gasteiger partial charge in [0.2, 0.25) is 0 Å². The molecule has 0 saturated heterocycles. The van der Waals surface area contributed by atoms with Gasteiger partial charge in [0.1, 0.15) is 5.82 Å². The normalized spacial score (nSPS) is 11.1. The Balaban J connectivity index is 1.80. The van der Waals surface area contributed by atoms with E-state index in [1.54, 1.807) is 36.0 Å². The van der Waals surface area contributed by atoms with E-state index in [2.05, 4.69) is 20.6 Å². The summed E-state index contributed by atoms with van der Waals surface area (Å²) in [4.78, 5) is 17.5. The fourth-order valence-corrected chi connectivity index (χ4v) is 3.03. The minimum Gasteiger partial charge on any atom is -0.335 e. The Morgan fingerprint density at radius 1 is 1.21 bits per heavy atom. The average Bonchev–Trinajstić information content (AvgIpc) is 3.24. The van der Waals surface area contributed by atoms with Crippen LogP contribution in [0.5, 0.6) is 0 Å². The number of amides is 1. The number of hydrogen-bond donors (Lipinski definition) is 1. The molecule has 0 fully saturated rings. The van der Waals surface area contributed by atoms with E-state index >= 15 is 0 Å². The molecule has 0 bridgehead atoms. The van der Waals surface area contributed by atoms with Gasteiger partial charge in [-0.15, -0.1) is 0 Å². The van der Waals surface area contributed by atoms with E-state index in [4.69, 9.17) is 4.52 Å². The Kier molecular flexibility index (Phi) is 4.38. The highest BCUT2D eigenvalue weighted by Gasteiger charge is 2.20. The zero-order valence-electron chi connectivity index (χ0n) is 15.7. The minimum atomic E-state index is -0.346. The molecule has 142 valence electrons. The van der Waals surface area contributed by atoms with Crippen molar-refractivity contribution in [3.8, 4) is 11.3 Å². The van der Waals surface area contributed by atoms with Crippen LogP contribution in [-0.4, -0.2) is 25.8 Å². The summed E-state index contributed by atoms with van der Waals surface area (Å²) >= 11 is 0. The number of anilines is 1. The molecule has 28 heavy (non-hydrogen) atoms. The quantitative estimate of drug-likeness (QED) is 0.577. The molecule has 0 aliphatic rings. The molecule has 1 amide bonds. The zero-order valence-corrected chi connectivity index (χ0v) is 15.7. The van der Waals surface area contributed by atoms with Crippen molar-refractivity contribution in [2.75, 3.05) is 5.32 Å². The van der Waals surface area contributed by atoms with Gasteiger partial charge in [-0.2, -0.15) is 5.10 Å². The van der Waals surface area contributed by atoms with Gasteiger partial charge in [-0.05, 0) is 51.1 Å². The number of fused-ring (bicyclic) bond motifs is 1. The summed E-state index contributed by atoms with van der Waals surface area (Å²) < 4.78 is 20.3. The molecule has 1 N–H and O–H groups in total. The van der Waals surface area contributed by atoms with E-state index in [-0.39, 0.29) is 17.4 Å². The van der Waals surface area contributed by atoms with E-state index in [1.165, 1.54) is 12.1 Å². The summed E-state index contributed by atoms with van der Waals surface area (Å²) in [6.45, 7) is 6.26. The first kappa shape index (κ1) is 17.8. The zero-order chi connectivity index (χ0) is 19.8. The van der Waals surface area contributed by atoms with Crippen molar-refractivity contribution in [2.24, 2.45) is 0 Å². The molecule has 0 unspecified atom stereocenters. The second-order valence-electron chi connectivity index (χ2n) is 6.45. The number of nitrogens with one attached hydrogen (secondary N) is 1. The van der Waals surface area contributed by atoms with Crippen LogP contribution in [0.4, 0.5) is 10.1 Å². The summed E-state index contributed by atoms with van der Waals surface area (Å²) in [5.74, 6) is -0.664. The van der Waals surface area contributed by atoms with Crippen molar-refractivity contribution in [1.82, 2.24) is 19.9 Å². The largest absolute Gasteiger partial charge is 0.335 e. The topological polar surface area (TPSA) is 85.8 Å². The predicted octanol–water partition coefficient (Wildman–Crippen LogP) is 4.11. The van der Waals surface area contributed by atoms with Gasteiger partial charge < -0.3 is 9.84 Å². The van der Waals surface area contributed by atoms with Crippen LogP contribution in [0.1, 0.15) is 28.7 Å². The minimum absolute atomic E-state index is 0.255. The van der Waals surface area contributed by atoms with Gasteiger partial charge in [0.15, 0.2) is 0 Å². The molecule has 1 aromatic carbocycles. The van der Waals surface area contributed by atoms with Crippen molar-refractivity contribution in [3.63, 3.8) is 0 Å². The lowest BCUT2D eigenvalue weighted by molar-refractivity contribution is 0.102. The third-order valence-electron chi connectivity index (χ3n) is 4.52. The van der Waals surface area contributed by atoms with Crippen LogP contribution in [0.3, 0.4) is 0 Å². The highest BCUT2D eigenvalue weighted by molar-refractivity contribution is 6.13. The lowest BCUT2D eigenvalue weighted by Gasteiger charge is -2.08. The molecule has 4 rings (SSSR count). The van der Waals surface area contributed by atoms with Crippen LogP contribution in [0.2, 0.25) is 0 Å². The Bertz CT molecular complexity index is 1180. The van der Waals surface area contributed by atoms with E-state index in [1.807, 2.05) is 13.8 Å². The van der Waals surface area contributed by atoms with E-state index in [0.717, 1.165) is 5.69 Å². The van der Waals surface area contributed by atoms with E-state index in [0.29, 0.717) is 40.1 Å². The Labute approximate surface area is 160 Å². The van der Waals surface area contributed by atoms with Crippen molar-refractivity contribution in [1.29, 1.82) is 0 Å². The molecule has 0 aliphatic carbocycles. The summed E-state index contributed by atoms with van der Waals surface area (Å²) in [5.41, 5.74) is 3.73. The van der Waals surface area contributed by atoms with Gasteiger partial charge in [0.05, 0.1) is 33.7 Å². The number of halogens is 1. The number of nitrogens with zero attached hydrogens (tertiary/aromatic N) is 4. The fourth-order valence-electron chi connectivity index (χ4n) is 3.03. The number of carbonyl (C=O) groups excluding carboxylic acids is 1. The van der Waals surface area contributed by atoms with E-state index < -0.39 is 0 Å². The van der Waals surface area contributed by atoms with Crippen LogP contribution in [0.25, 0.3) is 22.4 Å². The van der Waals surface area contributed by atoms with Crippen molar-refractivity contribution < 1.29 is 13.7 Å². The first-order chi connectivity index (χ1) is 13.5. The molecule has 8 heteroatoms. The highest BCUT2D eigenvalue weighted by Crippen LogP contribution is 2.28. The molecular formula is C20H18FN5O2. The molecule has 7 nitrogen and oxygen atoms in total. The Morgan fingerprint density at radius 3 is 2.64 bits per heavy atom. The van der Waals surface area contributed by atoms with Crippen LogP contribution >= 0.6 is 0 Å². The van der Waals surface area contributed by atoms with E-state index in [9.17, 15) is 9.18 Å². The van der Waals surface area contributed by atoms with Crippen molar-refractivity contribution in [3.05, 3.63) is 59.3 Å². The van der Waals surface area contributed by atoms with Crippen LogP contribution in [0.15, 0.2) is 41.1 Å². The summed E-state index contributed by atoms with van der Waals surface area (Å²) in [6.07, 6.45) is 1.78. The average molecular weight is 379 g/mol. The van der Waals surface area contributed by atoms with Gasteiger partial charge in [0, 0.05) is 18.3 Å². The van der Waals surface area contributed by atoms with Crippen LogP contribution < -0.4 is 5.32 Å². The summed E-state index contributed by atoms with van der Waals surface area (Å²) in [7, 11) is 0. The maximum absolute atomic E-state index is 13.3. The summed E-state index contributed by atoms with van der Waals surface area (Å²) in [6, 6.07) is 7.55. The van der Waals surface area contributed by atoms with Gasteiger partial charge in [0.25, 0.3) is 11.6 Å². The third kappa shape index (κ3) is 3.13. The second kappa shape index (κ2) is 6.88. The number of benzene rings is 1. The molecule has 0 spiro atoms. The maximum Gasteiger partial charge on any atom is 0.259 e. The highest BCUT2D eigenvalue weighted by atomic mass is 19.1. The predicted molar refractivity (Wildman–Crippen MR) is 103 cm³/mol. The first-order valence-electron chi connectivity index (χ1n) is 8.84. The number of rotatable bonds is 4. The number of aromatic nitrogens is 4. The number of hydrogen-bond acceptors (Lipinski definition) is 5. The number of aryl methyl sites for hydroxylation is 3. The molecule has 4 aromatic rings. The SMILES string of the molecule is CCn1cc(NC(=O)c2cc(-c3ccc(F)cc3)nc3onc(C)c23)c(C)n1. The Morgan fingerprint density at radius 2 is 1.96 bits per heavy atom. The standard InChI is InChI=1S/C20H18FN5O2/c1-4-26-10-17(11(2)24-26)22-19(27)15-9-16(13-5-7-14(21)8-6-13)23-20-18(15)12(3)25-28-20/h5-10H,4H2,1-3H3,(H,22,27). The van der Waals surface area contributed by atoms with Crippen LogP contribution in [-0.2, 0) is 6.54 Å². The van der Waals surface area contributed by atoms with Crippen LogP contribution in [0, 0.1) is 19.7 Å². The van der Waals surface area contributed by atoms with Crippen molar-refractivity contribution in [2.45, 2.75) is 27.3 Å². The maximum atomic E-state index is 13.3. The molecule has 0 radical (unpaired) electrons. The number of pyridine rings is 1. The molecule has 0 atom stereocenters. The third-order valence-corrected chi connectivity index (χ3v) is 4.52.